The highest BCUT2D eigenvalue weighted by molar-refractivity contribution is 7.99. The zero-order chi connectivity index (χ0) is 15.7. The molecule has 0 unspecified atom stereocenters. The maximum Gasteiger partial charge on any atom is 0.288 e. The number of piperazine rings is 1. The van der Waals surface area contributed by atoms with Crippen molar-refractivity contribution in [1.82, 2.24) is 5.32 Å². The van der Waals surface area contributed by atoms with Crippen molar-refractivity contribution >= 4 is 17.4 Å². The number of hydrogen-bond donors (Lipinski definition) is 1. The second-order valence-corrected chi connectivity index (χ2v) is 8.05. The van der Waals surface area contributed by atoms with E-state index in [1.165, 1.54) is 25.7 Å². The van der Waals surface area contributed by atoms with Crippen molar-refractivity contribution < 1.29 is 8.78 Å². The molecule has 2 fully saturated rings. The van der Waals surface area contributed by atoms with Gasteiger partial charge in [-0.1, -0.05) is 24.6 Å². The zero-order valence-electron chi connectivity index (χ0n) is 13.2. The van der Waals surface area contributed by atoms with Gasteiger partial charge in [0.05, 0.1) is 0 Å². The van der Waals surface area contributed by atoms with Gasteiger partial charge in [-0.25, -0.2) is 0 Å². The molecular formula is C17H24F2N2S. The normalized spacial score (nSPS) is 27.8. The highest BCUT2D eigenvalue weighted by atomic mass is 32.2. The standard InChI is InChI=1S/C17H24F2N2S/c1-17(2)11-21(15-6-4-3-5-14(15)20-17)12-7-9-13(10-8-12)22-16(18)19/h7-10,14-16,20H,3-6,11H2,1-2H3/t14-,15-/m1/s1. The SMILES string of the molecule is CC1(C)CN(c2ccc(SC(F)F)cc2)[C@@H]2CCCC[C@H]2N1. The molecule has 1 heterocycles. The summed E-state index contributed by atoms with van der Waals surface area (Å²) in [6.45, 7) is 5.44. The third-order valence-corrected chi connectivity index (χ3v) is 5.39. The Morgan fingerprint density at radius 2 is 1.86 bits per heavy atom. The Kier molecular flexibility index (Phi) is 4.64. The summed E-state index contributed by atoms with van der Waals surface area (Å²) in [7, 11) is 0. The molecule has 1 N–H and O–H groups in total. The molecule has 22 heavy (non-hydrogen) atoms. The summed E-state index contributed by atoms with van der Waals surface area (Å²) in [5, 5.41) is 3.79. The Hall–Kier alpha value is -0.810. The fraction of sp³-hybridized carbons (Fsp3) is 0.647. The lowest BCUT2D eigenvalue weighted by atomic mass is 9.83. The first-order chi connectivity index (χ1) is 10.4. The summed E-state index contributed by atoms with van der Waals surface area (Å²) >= 11 is 0.612. The smallest absolute Gasteiger partial charge is 0.288 e. The van der Waals surface area contributed by atoms with E-state index in [9.17, 15) is 8.78 Å². The number of thioether (sulfide) groups is 1. The van der Waals surface area contributed by atoms with Crippen molar-refractivity contribution in [3.05, 3.63) is 24.3 Å². The van der Waals surface area contributed by atoms with Crippen molar-refractivity contribution in [2.45, 2.75) is 67.8 Å². The largest absolute Gasteiger partial charge is 0.365 e. The van der Waals surface area contributed by atoms with Gasteiger partial charge in [0.2, 0.25) is 0 Å². The molecule has 2 atom stereocenters. The number of rotatable bonds is 3. The van der Waals surface area contributed by atoms with Gasteiger partial charge in [-0.15, -0.1) is 0 Å². The molecule has 5 heteroatoms. The molecule has 0 bridgehead atoms. The summed E-state index contributed by atoms with van der Waals surface area (Å²) in [5.41, 5.74) is 1.24. The molecule has 2 nitrogen and oxygen atoms in total. The molecule has 1 saturated heterocycles. The van der Waals surface area contributed by atoms with Gasteiger partial charge in [0.1, 0.15) is 0 Å². The van der Waals surface area contributed by atoms with Crippen molar-refractivity contribution in [3.63, 3.8) is 0 Å². The van der Waals surface area contributed by atoms with E-state index >= 15 is 0 Å². The van der Waals surface area contributed by atoms with Gasteiger partial charge >= 0.3 is 0 Å². The van der Waals surface area contributed by atoms with Crippen LogP contribution in [0.2, 0.25) is 0 Å². The highest BCUT2D eigenvalue weighted by Gasteiger charge is 2.40. The lowest BCUT2D eigenvalue weighted by Gasteiger charge is -2.52. The molecule has 1 aromatic carbocycles. The van der Waals surface area contributed by atoms with Crippen LogP contribution < -0.4 is 10.2 Å². The third kappa shape index (κ3) is 3.57. The van der Waals surface area contributed by atoms with Crippen LogP contribution in [0.15, 0.2) is 29.2 Å². The summed E-state index contributed by atoms with van der Waals surface area (Å²) < 4.78 is 24.9. The van der Waals surface area contributed by atoms with Gasteiger partial charge in [0.25, 0.3) is 5.76 Å². The van der Waals surface area contributed by atoms with E-state index in [0.717, 1.165) is 12.2 Å². The molecule has 0 radical (unpaired) electrons. The van der Waals surface area contributed by atoms with Crippen LogP contribution in [0.3, 0.4) is 0 Å². The van der Waals surface area contributed by atoms with E-state index in [2.05, 4.69) is 24.1 Å². The lowest BCUT2D eigenvalue weighted by molar-refractivity contribution is 0.199. The molecule has 122 valence electrons. The van der Waals surface area contributed by atoms with Gasteiger partial charge in [-0.3, -0.25) is 0 Å². The van der Waals surface area contributed by atoms with Crippen LogP contribution in [-0.4, -0.2) is 29.9 Å². The molecule has 1 aliphatic carbocycles. The molecule has 1 aliphatic heterocycles. The minimum absolute atomic E-state index is 0.0783. The first kappa shape index (κ1) is 16.1. The van der Waals surface area contributed by atoms with Crippen LogP contribution >= 0.6 is 11.8 Å². The van der Waals surface area contributed by atoms with Gasteiger partial charge in [0.15, 0.2) is 0 Å². The van der Waals surface area contributed by atoms with E-state index in [0.29, 0.717) is 28.7 Å². The van der Waals surface area contributed by atoms with Crippen molar-refractivity contribution in [1.29, 1.82) is 0 Å². The molecule has 2 aliphatic rings. The Bertz CT molecular complexity index is 504. The number of halogens is 2. The Balaban J connectivity index is 1.81. The lowest BCUT2D eigenvalue weighted by Crippen LogP contribution is -2.67. The van der Waals surface area contributed by atoms with Crippen LogP contribution in [0.1, 0.15) is 39.5 Å². The third-order valence-electron chi connectivity index (χ3n) is 4.67. The molecule has 1 saturated carbocycles. The fourth-order valence-electron chi connectivity index (χ4n) is 3.85. The van der Waals surface area contributed by atoms with Crippen molar-refractivity contribution in [2.24, 2.45) is 0 Å². The molecule has 1 aromatic rings. The number of benzene rings is 1. The second kappa shape index (κ2) is 6.36. The minimum atomic E-state index is -2.35. The molecule has 0 spiro atoms. The maximum atomic E-state index is 12.4. The van der Waals surface area contributed by atoms with Crippen LogP contribution in [0.4, 0.5) is 14.5 Å². The number of fused-ring (bicyclic) bond motifs is 1. The van der Waals surface area contributed by atoms with Crippen LogP contribution in [0.25, 0.3) is 0 Å². The van der Waals surface area contributed by atoms with Crippen molar-refractivity contribution in [3.8, 4) is 0 Å². The van der Waals surface area contributed by atoms with Gasteiger partial charge in [-0.05, 0) is 51.0 Å². The van der Waals surface area contributed by atoms with Gasteiger partial charge in [0, 0.05) is 34.8 Å². The Morgan fingerprint density at radius 1 is 1.18 bits per heavy atom. The quantitative estimate of drug-likeness (QED) is 0.823. The molecule has 3 rings (SSSR count). The van der Waals surface area contributed by atoms with Crippen LogP contribution in [0, 0.1) is 0 Å². The van der Waals surface area contributed by atoms with E-state index in [1.54, 1.807) is 0 Å². The van der Waals surface area contributed by atoms with Crippen molar-refractivity contribution in [2.75, 3.05) is 11.4 Å². The van der Waals surface area contributed by atoms with Gasteiger partial charge in [-0.2, -0.15) is 8.78 Å². The summed E-state index contributed by atoms with van der Waals surface area (Å²) in [4.78, 5) is 3.12. The maximum absolute atomic E-state index is 12.4. The number of hydrogen-bond acceptors (Lipinski definition) is 3. The number of alkyl halides is 2. The van der Waals surface area contributed by atoms with E-state index in [-0.39, 0.29) is 5.54 Å². The first-order valence-electron chi connectivity index (χ1n) is 8.04. The second-order valence-electron chi connectivity index (χ2n) is 6.99. The summed E-state index contributed by atoms with van der Waals surface area (Å²) in [5.74, 6) is -2.35. The number of nitrogens with one attached hydrogen (secondary N) is 1. The van der Waals surface area contributed by atoms with Crippen LogP contribution in [0.5, 0.6) is 0 Å². The Morgan fingerprint density at radius 3 is 2.55 bits per heavy atom. The predicted octanol–water partition coefficient (Wildman–Crippen LogP) is 4.50. The van der Waals surface area contributed by atoms with E-state index in [4.69, 9.17) is 0 Å². The fourth-order valence-corrected chi connectivity index (χ4v) is 4.34. The number of anilines is 1. The Labute approximate surface area is 135 Å². The highest BCUT2D eigenvalue weighted by Crippen LogP contribution is 2.35. The minimum Gasteiger partial charge on any atom is -0.365 e. The predicted molar refractivity (Wildman–Crippen MR) is 88.9 cm³/mol. The van der Waals surface area contributed by atoms with Crippen LogP contribution in [-0.2, 0) is 0 Å². The van der Waals surface area contributed by atoms with Gasteiger partial charge < -0.3 is 10.2 Å². The molecule has 0 aromatic heterocycles. The average molecular weight is 326 g/mol. The topological polar surface area (TPSA) is 15.3 Å². The molecule has 0 amide bonds. The summed E-state index contributed by atoms with van der Waals surface area (Å²) in [6, 6.07) is 8.69. The van der Waals surface area contributed by atoms with E-state index < -0.39 is 5.76 Å². The summed E-state index contributed by atoms with van der Waals surface area (Å²) in [6.07, 6.45) is 5.01. The average Bonchev–Trinajstić information content (AvgIpc) is 2.45. The first-order valence-corrected chi connectivity index (χ1v) is 8.92. The monoisotopic (exact) mass is 326 g/mol. The number of nitrogens with zero attached hydrogens (tertiary/aromatic N) is 1. The molecular weight excluding hydrogens is 302 g/mol. The van der Waals surface area contributed by atoms with E-state index in [1.807, 2.05) is 24.3 Å². The zero-order valence-corrected chi connectivity index (χ0v) is 14.0.